The average Bonchev–Trinajstić information content (AvgIpc) is 2.81. The molecule has 0 saturated heterocycles. The van der Waals surface area contributed by atoms with Gasteiger partial charge in [0.15, 0.2) is 0 Å². The van der Waals surface area contributed by atoms with Crippen LogP contribution in [0.5, 0.6) is 5.75 Å². The van der Waals surface area contributed by atoms with E-state index in [1.807, 2.05) is 57.2 Å². The molecule has 0 aliphatic heterocycles. The number of ether oxygens (including phenoxy) is 1. The predicted octanol–water partition coefficient (Wildman–Crippen LogP) is 3.41. The molecule has 0 bridgehead atoms. The fraction of sp³-hybridized carbons (Fsp3) is 0.462. The molecular weight excluding hydrogens is 466 g/mol. The number of anilines is 1. The third-order valence-electron chi connectivity index (χ3n) is 5.94. The third-order valence-corrected chi connectivity index (χ3v) is 7.13. The highest BCUT2D eigenvalue weighted by atomic mass is 32.2. The van der Waals surface area contributed by atoms with Crippen LogP contribution >= 0.6 is 0 Å². The van der Waals surface area contributed by atoms with Crippen molar-refractivity contribution in [3.63, 3.8) is 0 Å². The second kappa shape index (κ2) is 12.6. The quantitative estimate of drug-likeness (QED) is 0.479. The summed E-state index contributed by atoms with van der Waals surface area (Å²) >= 11 is 0. The van der Waals surface area contributed by atoms with Crippen molar-refractivity contribution in [3.8, 4) is 5.75 Å². The minimum atomic E-state index is -3.53. The van der Waals surface area contributed by atoms with Crippen molar-refractivity contribution in [2.24, 2.45) is 0 Å². The molecule has 0 fully saturated rings. The molecule has 0 heterocycles. The van der Waals surface area contributed by atoms with Crippen LogP contribution in [-0.4, -0.2) is 57.6 Å². The highest BCUT2D eigenvalue weighted by Gasteiger charge is 2.26. The number of likely N-dealkylation sites (N-methyl/N-ethyl adjacent to an activating group) is 1. The number of benzene rings is 2. The van der Waals surface area contributed by atoms with Gasteiger partial charge < -0.3 is 15.0 Å². The smallest absolute Gasteiger partial charge is 0.242 e. The standard InChI is InChI=1S/C26H37N3O5S/c1-7-27-26(31)21(4)28(18-22-10-8-11-24(17-22)34-5)25(30)12-9-15-29(35(6,32)33)23-14-13-19(2)20(3)16-23/h8,10-11,13-14,16-17,21H,7,9,12,15,18H2,1-6H3,(H,27,31)/t21-/m0/s1. The molecule has 192 valence electrons. The fourth-order valence-corrected chi connectivity index (χ4v) is 4.71. The van der Waals surface area contributed by atoms with Crippen molar-refractivity contribution in [2.45, 2.75) is 53.1 Å². The molecule has 0 radical (unpaired) electrons. The number of nitrogens with one attached hydrogen (secondary N) is 1. The summed E-state index contributed by atoms with van der Waals surface area (Å²) < 4.78 is 31.6. The largest absolute Gasteiger partial charge is 0.497 e. The van der Waals surface area contributed by atoms with E-state index in [9.17, 15) is 18.0 Å². The van der Waals surface area contributed by atoms with E-state index in [1.54, 1.807) is 20.1 Å². The van der Waals surface area contributed by atoms with Crippen molar-refractivity contribution in [3.05, 3.63) is 59.2 Å². The Morgan fingerprint density at radius 2 is 1.80 bits per heavy atom. The van der Waals surface area contributed by atoms with Crippen LogP contribution < -0.4 is 14.4 Å². The molecule has 0 aliphatic carbocycles. The molecule has 0 aromatic heterocycles. The number of nitrogens with zero attached hydrogens (tertiary/aromatic N) is 2. The lowest BCUT2D eigenvalue weighted by atomic mass is 10.1. The van der Waals surface area contributed by atoms with Crippen molar-refractivity contribution in [1.29, 1.82) is 0 Å². The number of methoxy groups -OCH3 is 1. The summed E-state index contributed by atoms with van der Waals surface area (Å²) in [7, 11) is -1.96. The Hall–Kier alpha value is -3.07. The number of hydrogen-bond acceptors (Lipinski definition) is 5. The summed E-state index contributed by atoms with van der Waals surface area (Å²) in [4.78, 5) is 27.3. The van der Waals surface area contributed by atoms with Gasteiger partial charge in [-0.1, -0.05) is 18.2 Å². The molecule has 0 unspecified atom stereocenters. The van der Waals surface area contributed by atoms with Gasteiger partial charge in [-0.05, 0) is 75.1 Å². The molecular formula is C26H37N3O5S. The lowest BCUT2D eigenvalue weighted by Crippen LogP contribution is -2.47. The predicted molar refractivity (Wildman–Crippen MR) is 139 cm³/mol. The second-order valence-electron chi connectivity index (χ2n) is 8.65. The first-order valence-corrected chi connectivity index (χ1v) is 13.6. The summed E-state index contributed by atoms with van der Waals surface area (Å²) in [6.07, 6.45) is 1.58. The van der Waals surface area contributed by atoms with Gasteiger partial charge in [-0.15, -0.1) is 0 Å². The maximum Gasteiger partial charge on any atom is 0.242 e. The molecule has 2 rings (SSSR count). The zero-order valence-electron chi connectivity index (χ0n) is 21.5. The molecule has 1 N–H and O–H groups in total. The van der Waals surface area contributed by atoms with Gasteiger partial charge in [0.2, 0.25) is 21.8 Å². The summed E-state index contributed by atoms with van der Waals surface area (Å²) in [6, 6.07) is 12.2. The topological polar surface area (TPSA) is 96.0 Å². The van der Waals surface area contributed by atoms with Crippen molar-refractivity contribution in [2.75, 3.05) is 30.8 Å². The Labute approximate surface area is 209 Å². The average molecular weight is 504 g/mol. The Kier molecular flexibility index (Phi) is 10.1. The second-order valence-corrected chi connectivity index (χ2v) is 10.6. The molecule has 8 nitrogen and oxygen atoms in total. The summed E-state index contributed by atoms with van der Waals surface area (Å²) in [6.45, 7) is 8.28. The molecule has 9 heteroatoms. The summed E-state index contributed by atoms with van der Waals surface area (Å²) in [5.74, 6) is 0.203. The van der Waals surface area contributed by atoms with E-state index in [0.717, 1.165) is 22.9 Å². The van der Waals surface area contributed by atoms with E-state index in [4.69, 9.17) is 4.74 Å². The highest BCUT2D eigenvalue weighted by Crippen LogP contribution is 2.22. The first-order valence-electron chi connectivity index (χ1n) is 11.7. The molecule has 2 aromatic carbocycles. The van der Waals surface area contributed by atoms with E-state index in [2.05, 4.69) is 5.32 Å². The monoisotopic (exact) mass is 503 g/mol. The zero-order chi connectivity index (χ0) is 26.2. The maximum absolute atomic E-state index is 13.3. The van der Waals surface area contributed by atoms with Gasteiger partial charge >= 0.3 is 0 Å². The molecule has 35 heavy (non-hydrogen) atoms. The van der Waals surface area contributed by atoms with Gasteiger partial charge in [0.1, 0.15) is 11.8 Å². The Bertz CT molecular complexity index is 1130. The number of rotatable bonds is 12. The molecule has 2 amide bonds. The summed E-state index contributed by atoms with van der Waals surface area (Å²) in [5.41, 5.74) is 3.48. The van der Waals surface area contributed by atoms with Crippen LogP contribution in [0.3, 0.4) is 0 Å². The number of sulfonamides is 1. The van der Waals surface area contributed by atoms with E-state index in [-0.39, 0.29) is 31.3 Å². The van der Waals surface area contributed by atoms with Gasteiger partial charge in [-0.3, -0.25) is 13.9 Å². The Morgan fingerprint density at radius 3 is 2.40 bits per heavy atom. The van der Waals surface area contributed by atoms with Crippen molar-refractivity contribution >= 4 is 27.5 Å². The number of carbonyl (C=O) groups excluding carboxylic acids is 2. The molecule has 0 spiro atoms. The molecule has 1 atom stereocenters. The first kappa shape index (κ1) is 28.2. The zero-order valence-corrected chi connectivity index (χ0v) is 22.3. The van der Waals surface area contributed by atoms with Gasteiger partial charge in [-0.2, -0.15) is 0 Å². The van der Waals surface area contributed by atoms with E-state index >= 15 is 0 Å². The van der Waals surface area contributed by atoms with Crippen LogP contribution in [0.2, 0.25) is 0 Å². The first-order chi connectivity index (χ1) is 16.5. The molecule has 0 aliphatic rings. The van der Waals surface area contributed by atoms with Crippen molar-refractivity contribution in [1.82, 2.24) is 10.2 Å². The fourth-order valence-electron chi connectivity index (χ4n) is 3.76. The van der Waals surface area contributed by atoms with E-state index < -0.39 is 16.1 Å². The van der Waals surface area contributed by atoms with Crippen LogP contribution in [0.15, 0.2) is 42.5 Å². The lowest BCUT2D eigenvalue weighted by molar-refractivity contribution is -0.140. The lowest BCUT2D eigenvalue weighted by Gasteiger charge is -2.29. The number of aryl methyl sites for hydroxylation is 2. The Morgan fingerprint density at radius 1 is 1.09 bits per heavy atom. The minimum Gasteiger partial charge on any atom is -0.497 e. The van der Waals surface area contributed by atoms with E-state index in [0.29, 0.717) is 24.4 Å². The van der Waals surface area contributed by atoms with Gasteiger partial charge in [0, 0.05) is 26.1 Å². The third kappa shape index (κ3) is 7.99. The number of hydrogen-bond donors (Lipinski definition) is 1. The molecule has 0 saturated carbocycles. The number of carbonyl (C=O) groups is 2. The summed E-state index contributed by atoms with van der Waals surface area (Å²) in [5, 5.41) is 2.77. The van der Waals surface area contributed by atoms with Gasteiger partial charge in [-0.25, -0.2) is 8.42 Å². The van der Waals surface area contributed by atoms with Crippen LogP contribution in [0.1, 0.15) is 43.4 Å². The maximum atomic E-state index is 13.3. The van der Waals surface area contributed by atoms with Crippen LogP contribution in [0, 0.1) is 13.8 Å². The normalized spacial score (nSPS) is 12.1. The van der Waals surface area contributed by atoms with Crippen LogP contribution in [-0.2, 0) is 26.2 Å². The van der Waals surface area contributed by atoms with E-state index in [1.165, 1.54) is 9.21 Å². The minimum absolute atomic E-state index is 0.102. The Balaban J connectivity index is 2.19. The SMILES string of the molecule is CCNC(=O)[C@H](C)N(Cc1cccc(OC)c1)C(=O)CCCN(c1ccc(C)c(C)c1)S(C)(=O)=O. The van der Waals surface area contributed by atoms with Gasteiger partial charge in [0.05, 0.1) is 19.1 Å². The van der Waals surface area contributed by atoms with Crippen molar-refractivity contribution < 1.29 is 22.7 Å². The van der Waals surface area contributed by atoms with Crippen LogP contribution in [0.4, 0.5) is 5.69 Å². The van der Waals surface area contributed by atoms with Gasteiger partial charge in [0.25, 0.3) is 0 Å². The molecule has 2 aromatic rings. The highest BCUT2D eigenvalue weighted by molar-refractivity contribution is 7.92. The number of amides is 2. The van der Waals surface area contributed by atoms with Crippen LogP contribution in [0.25, 0.3) is 0 Å².